The van der Waals surface area contributed by atoms with Gasteiger partial charge in [0.1, 0.15) is 5.82 Å². The molecule has 0 spiro atoms. The third-order valence-corrected chi connectivity index (χ3v) is 3.20. The van der Waals surface area contributed by atoms with E-state index >= 15 is 0 Å². The zero-order valence-corrected chi connectivity index (χ0v) is 11.1. The van der Waals surface area contributed by atoms with Crippen molar-refractivity contribution >= 4 is 40.2 Å². The number of rotatable bonds is 1. The van der Waals surface area contributed by atoms with Crippen LogP contribution in [0, 0.1) is 5.82 Å². The molecule has 0 aliphatic heterocycles. The third kappa shape index (κ3) is 2.13. The number of halogens is 3. The van der Waals surface area contributed by atoms with Crippen LogP contribution < -0.4 is 5.73 Å². The van der Waals surface area contributed by atoms with Crippen LogP contribution in [-0.2, 0) is 0 Å². The number of aromatic nitrogens is 2. The van der Waals surface area contributed by atoms with E-state index in [0.29, 0.717) is 26.8 Å². The Labute approximate surface area is 118 Å². The van der Waals surface area contributed by atoms with Crippen LogP contribution in [0.1, 0.15) is 0 Å². The van der Waals surface area contributed by atoms with Crippen molar-refractivity contribution < 1.29 is 4.39 Å². The van der Waals surface area contributed by atoms with Crippen LogP contribution in [0.4, 0.5) is 10.3 Å². The van der Waals surface area contributed by atoms with Gasteiger partial charge < -0.3 is 5.73 Å². The lowest BCUT2D eigenvalue weighted by Gasteiger charge is -2.07. The molecule has 0 atom stereocenters. The highest BCUT2D eigenvalue weighted by molar-refractivity contribution is 6.31. The smallest absolute Gasteiger partial charge is 0.205 e. The second-order valence-corrected chi connectivity index (χ2v) is 4.94. The second kappa shape index (κ2) is 4.40. The summed E-state index contributed by atoms with van der Waals surface area (Å²) in [6.45, 7) is 0. The van der Waals surface area contributed by atoms with Crippen molar-refractivity contribution in [1.82, 2.24) is 9.55 Å². The molecule has 2 N–H and O–H groups in total. The van der Waals surface area contributed by atoms with Crippen molar-refractivity contribution in [2.24, 2.45) is 0 Å². The van der Waals surface area contributed by atoms with Crippen molar-refractivity contribution in [1.29, 1.82) is 0 Å². The zero-order chi connectivity index (χ0) is 13.6. The van der Waals surface area contributed by atoms with E-state index < -0.39 is 5.82 Å². The molecule has 0 aliphatic rings. The molecular formula is C13H8Cl2FN3. The van der Waals surface area contributed by atoms with E-state index in [9.17, 15) is 4.39 Å². The van der Waals surface area contributed by atoms with Gasteiger partial charge in [0.05, 0.1) is 16.7 Å². The first-order valence-electron chi connectivity index (χ1n) is 5.44. The first-order valence-corrected chi connectivity index (χ1v) is 6.20. The quantitative estimate of drug-likeness (QED) is 0.736. The van der Waals surface area contributed by atoms with Crippen molar-refractivity contribution in [2.75, 3.05) is 5.73 Å². The molecule has 3 rings (SSSR count). The summed E-state index contributed by atoms with van der Waals surface area (Å²) in [6.07, 6.45) is 0. The van der Waals surface area contributed by atoms with Gasteiger partial charge in [0.15, 0.2) is 0 Å². The molecule has 6 heteroatoms. The molecule has 0 saturated heterocycles. The first kappa shape index (κ1) is 12.3. The van der Waals surface area contributed by atoms with Gasteiger partial charge in [0, 0.05) is 10.0 Å². The zero-order valence-electron chi connectivity index (χ0n) is 9.57. The Balaban J connectivity index is 2.35. The van der Waals surface area contributed by atoms with E-state index in [1.165, 1.54) is 12.1 Å². The fourth-order valence-corrected chi connectivity index (χ4v) is 2.39. The summed E-state index contributed by atoms with van der Waals surface area (Å²) in [4.78, 5) is 4.21. The van der Waals surface area contributed by atoms with Gasteiger partial charge in [-0.3, -0.25) is 4.57 Å². The highest BCUT2D eigenvalue weighted by atomic mass is 35.5. The van der Waals surface area contributed by atoms with Crippen LogP contribution in [0.2, 0.25) is 10.0 Å². The number of hydrogen-bond donors (Lipinski definition) is 1. The van der Waals surface area contributed by atoms with E-state index in [1.807, 2.05) is 0 Å². The van der Waals surface area contributed by atoms with Crippen LogP contribution >= 0.6 is 23.2 Å². The second-order valence-electron chi connectivity index (χ2n) is 4.07. The number of hydrogen-bond acceptors (Lipinski definition) is 2. The van der Waals surface area contributed by atoms with Crippen LogP contribution in [0.5, 0.6) is 0 Å². The molecular weight excluding hydrogens is 288 g/mol. The van der Waals surface area contributed by atoms with Gasteiger partial charge in [0.2, 0.25) is 5.95 Å². The van der Waals surface area contributed by atoms with E-state index in [2.05, 4.69) is 4.98 Å². The van der Waals surface area contributed by atoms with Crippen LogP contribution in [-0.4, -0.2) is 9.55 Å². The van der Waals surface area contributed by atoms with Gasteiger partial charge in [-0.1, -0.05) is 23.2 Å². The lowest BCUT2D eigenvalue weighted by molar-refractivity contribution is 0.627. The predicted molar refractivity (Wildman–Crippen MR) is 75.5 cm³/mol. The van der Waals surface area contributed by atoms with E-state index in [4.69, 9.17) is 28.9 Å². The Morgan fingerprint density at radius 1 is 1.05 bits per heavy atom. The maximum absolute atomic E-state index is 13.4. The average molecular weight is 296 g/mol. The molecule has 0 unspecified atom stereocenters. The van der Waals surface area contributed by atoms with Crippen molar-refractivity contribution in [3.63, 3.8) is 0 Å². The number of nitrogens with zero attached hydrogens (tertiary/aromatic N) is 2. The molecule has 1 aromatic heterocycles. The summed E-state index contributed by atoms with van der Waals surface area (Å²) in [7, 11) is 0. The molecule has 2 aromatic carbocycles. The van der Waals surface area contributed by atoms with E-state index in [0.717, 1.165) is 0 Å². The number of nitrogens with two attached hydrogens (primary N) is 1. The van der Waals surface area contributed by atoms with Gasteiger partial charge in [-0.25, -0.2) is 9.37 Å². The summed E-state index contributed by atoms with van der Waals surface area (Å²) in [6, 6.07) is 9.38. The predicted octanol–water partition coefficient (Wildman–Crippen LogP) is 4.05. The first-order chi connectivity index (χ1) is 9.04. The molecule has 3 aromatic rings. The fourth-order valence-electron chi connectivity index (χ4n) is 2.01. The third-order valence-electron chi connectivity index (χ3n) is 2.75. The summed E-state index contributed by atoms with van der Waals surface area (Å²) in [5, 5.41) is 0.842. The number of benzene rings is 2. The summed E-state index contributed by atoms with van der Waals surface area (Å²) in [5.74, 6) is -0.190. The van der Waals surface area contributed by atoms with Gasteiger partial charge >= 0.3 is 0 Å². The van der Waals surface area contributed by atoms with Gasteiger partial charge in [-0.05, 0) is 36.4 Å². The monoisotopic (exact) mass is 295 g/mol. The highest BCUT2D eigenvalue weighted by Crippen LogP contribution is 2.27. The van der Waals surface area contributed by atoms with Gasteiger partial charge in [-0.15, -0.1) is 0 Å². The van der Waals surface area contributed by atoms with E-state index in [-0.39, 0.29) is 5.95 Å². The van der Waals surface area contributed by atoms with Crippen LogP contribution in [0.25, 0.3) is 16.7 Å². The molecule has 0 saturated carbocycles. The average Bonchev–Trinajstić information content (AvgIpc) is 2.63. The maximum atomic E-state index is 13.4. The van der Waals surface area contributed by atoms with Crippen molar-refractivity contribution in [3.8, 4) is 5.69 Å². The van der Waals surface area contributed by atoms with E-state index in [1.54, 1.807) is 28.8 Å². The Kier molecular flexibility index (Phi) is 2.84. The molecule has 3 nitrogen and oxygen atoms in total. The largest absolute Gasteiger partial charge is 0.369 e. The molecule has 96 valence electrons. The van der Waals surface area contributed by atoms with Gasteiger partial charge in [-0.2, -0.15) is 0 Å². The number of fused-ring (bicyclic) bond motifs is 1. The molecule has 19 heavy (non-hydrogen) atoms. The Morgan fingerprint density at radius 2 is 1.84 bits per heavy atom. The summed E-state index contributed by atoms with van der Waals surface area (Å²) >= 11 is 11.8. The van der Waals surface area contributed by atoms with Crippen LogP contribution in [0.15, 0.2) is 36.4 Å². The highest BCUT2D eigenvalue weighted by Gasteiger charge is 2.11. The molecule has 0 fully saturated rings. The molecule has 1 heterocycles. The topological polar surface area (TPSA) is 43.8 Å². The Morgan fingerprint density at radius 3 is 2.58 bits per heavy atom. The minimum Gasteiger partial charge on any atom is -0.369 e. The number of imidazole rings is 1. The molecule has 0 bridgehead atoms. The standard InChI is InChI=1S/C13H8Cl2FN3/c14-7-1-2-11-12(5-7)19(13(17)18-11)10-4-8(15)3-9(16)6-10/h1-6H,(H2,17,18). The minimum absolute atomic E-state index is 0.249. The summed E-state index contributed by atoms with van der Waals surface area (Å²) < 4.78 is 15.1. The molecule has 0 amide bonds. The van der Waals surface area contributed by atoms with Crippen molar-refractivity contribution in [3.05, 3.63) is 52.3 Å². The summed E-state index contributed by atoms with van der Waals surface area (Å²) in [5.41, 5.74) is 7.77. The maximum Gasteiger partial charge on any atom is 0.205 e. The van der Waals surface area contributed by atoms with Crippen molar-refractivity contribution in [2.45, 2.75) is 0 Å². The number of nitrogen functional groups attached to an aromatic ring is 1. The fraction of sp³-hybridized carbons (Fsp3) is 0. The SMILES string of the molecule is Nc1nc2ccc(Cl)cc2n1-c1cc(F)cc(Cl)c1. The lowest BCUT2D eigenvalue weighted by atomic mass is 10.2. The van der Waals surface area contributed by atoms with Gasteiger partial charge in [0.25, 0.3) is 0 Å². The Bertz CT molecular complexity index is 763. The lowest BCUT2D eigenvalue weighted by Crippen LogP contribution is -2.01. The molecule has 0 radical (unpaired) electrons. The normalized spacial score (nSPS) is 11.1. The van der Waals surface area contributed by atoms with Crippen LogP contribution in [0.3, 0.4) is 0 Å². The Hall–Kier alpha value is -1.78. The number of anilines is 1. The molecule has 0 aliphatic carbocycles. The minimum atomic E-state index is -0.439.